The maximum atomic E-state index is 12.3. The van der Waals surface area contributed by atoms with Crippen LogP contribution in [0.15, 0.2) is 22.8 Å². The van der Waals surface area contributed by atoms with Crippen molar-refractivity contribution in [1.29, 1.82) is 0 Å². The zero-order chi connectivity index (χ0) is 15.1. The van der Waals surface area contributed by atoms with Crippen LogP contribution in [0.4, 0.5) is 4.79 Å². The highest BCUT2D eigenvalue weighted by Gasteiger charge is 2.21. The summed E-state index contributed by atoms with van der Waals surface area (Å²) in [4.78, 5) is 12.3. The lowest BCUT2D eigenvalue weighted by Gasteiger charge is -2.20. The molecule has 0 N–H and O–H groups in total. The van der Waals surface area contributed by atoms with Gasteiger partial charge < -0.3 is 9.47 Å². The molecule has 0 aliphatic heterocycles. The SMILES string of the molecule is COc1cc(C)c2c(c1)c(Br)cn2C(=O)OC(C)(C)C. The summed E-state index contributed by atoms with van der Waals surface area (Å²) in [6.45, 7) is 7.49. The number of ether oxygens (including phenoxy) is 2. The van der Waals surface area contributed by atoms with Crippen LogP contribution in [0.5, 0.6) is 5.75 Å². The number of benzene rings is 1. The number of hydrogen-bond donors (Lipinski definition) is 0. The number of nitrogens with zero attached hydrogens (tertiary/aromatic N) is 1. The van der Waals surface area contributed by atoms with Gasteiger partial charge in [-0.2, -0.15) is 0 Å². The zero-order valence-corrected chi connectivity index (χ0v) is 13.9. The molecule has 108 valence electrons. The molecule has 5 heteroatoms. The molecule has 2 rings (SSSR count). The van der Waals surface area contributed by atoms with Crippen LogP contribution in [-0.2, 0) is 4.74 Å². The van der Waals surface area contributed by atoms with Gasteiger partial charge in [-0.25, -0.2) is 4.79 Å². The van der Waals surface area contributed by atoms with Crippen LogP contribution in [0.3, 0.4) is 0 Å². The molecule has 1 aromatic carbocycles. The Morgan fingerprint density at radius 1 is 1.30 bits per heavy atom. The number of fused-ring (bicyclic) bond motifs is 1. The predicted molar refractivity (Wildman–Crippen MR) is 82.6 cm³/mol. The van der Waals surface area contributed by atoms with Crippen LogP contribution >= 0.6 is 15.9 Å². The summed E-state index contributed by atoms with van der Waals surface area (Å²) in [5, 5.41) is 0.924. The molecule has 0 saturated heterocycles. The Labute approximate surface area is 126 Å². The first-order chi connectivity index (χ1) is 9.23. The highest BCUT2D eigenvalue weighted by atomic mass is 79.9. The number of rotatable bonds is 1. The minimum absolute atomic E-state index is 0.388. The highest BCUT2D eigenvalue weighted by molar-refractivity contribution is 9.10. The Kier molecular flexibility index (Phi) is 3.82. The van der Waals surface area contributed by atoms with Crippen LogP contribution in [0.1, 0.15) is 26.3 Å². The lowest BCUT2D eigenvalue weighted by atomic mass is 10.1. The van der Waals surface area contributed by atoms with Crippen molar-refractivity contribution in [3.8, 4) is 5.75 Å². The Balaban J connectivity index is 2.59. The van der Waals surface area contributed by atoms with Crippen LogP contribution < -0.4 is 4.74 Å². The summed E-state index contributed by atoms with van der Waals surface area (Å²) in [6, 6.07) is 3.79. The summed E-state index contributed by atoms with van der Waals surface area (Å²) in [5.41, 5.74) is 1.25. The second-order valence-electron chi connectivity index (χ2n) is 5.67. The third-order valence-electron chi connectivity index (χ3n) is 2.84. The lowest BCUT2D eigenvalue weighted by molar-refractivity contribution is 0.0544. The van der Waals surface area contributed by atoms with Crippen molar-refractivity contribution in [1.82, 2.24) is 4.57 Å². The fourth-order valence-electron chi connectivity index (χ4n) is 2.07. The minimum atomic E-state index is -0.527. The highest BCUT2D eigenvalue weighted by Crippen LogP contribution is 2.32. The summed E-state index contributed by atoms with van der Waals surface area (Å²) < 4.78 is 13.1. The zero-order valence-electron chi connectivity index (χ0n) is 12.3. The van der Waals surface area contributed by atoms with Crippen molar-refractivity contribution in [2.24, 2.45) is 0 Å². The maximum Gasteiger partial charge on any atom is 0.419 e. The van der Waals surface area contributed by atoms with Gasteiger partial charge in [-0.15, -0.1) is 0 Å². The van der Waals surface area contributed by atoms with E-state index in [1.165, 1.54) is 4.57 Å². The average molecular weight is 340 g/mol. The topological polar surface area (TPSA) is 40.5 Å². The van der Waals surface area contributed by atoms with Gasteiger partial charge in [-0.3, -0.25) is 4.57 Å². The summed E-state index contributed by atoms with van der Waals surface area (Å²) in [7, 11) is 1.62. The largest absolute Gasteiger partial charge is 0.497 e. The van der Waals surface area contributed by atoms with E-state index < -0.39 is 5.60 Å². The molecule has 0 radical (unpaired) electrons. The van der Waals surface area contributed by atoms with Crippen molar-refractivity contribution >= 4 is 32.9 Å². The van der Waals surface area contributed by atoms with E-state index >= 15 is 0 Å². The van der Waals surface area contributed by atoms with E-state index in [-0.39, 0.29) is 6.09 Å². The van der Waals surface area contributed by atoms with Gasteiger partial charge in [0.1, 0.15) is 11.4 Å². The molecular weight excluding hydrogens is 322 g/mol. The van der Waals surface area contributed by atoms with Gasteiger partial charge in [0.25, 0.3) is 0 Å². The fourth-order valence-corrected chi connectivity index (χ4v) is 2.58. The summed E-state index contributed by atoms with van der Waals surface area (Å²) >= 11 is 3.48. The average Bonchev–Trinajstić information content (AvgIpc) is 2.65. The molecule has 0 fully saturated rings. The van der Waals surface area contributed by atoms with E-state index in [0.29, 0.717) is 0 Å². The smallest absolute Gasteiger partial charge is 0.419 e. The number of aromatic nitrogens is 1. The van der Waals surface area contributed by atoms with Gasteiger partial charge in [0.2, 0.25) is 0 Å². The Morgan fingerprint density at radius 2 is 1.95 bits per heavy atom. The molecule has 0 atom stereocenters. The molecule has 20 heavy (non-hydrogen) atoms. The second-order valence-corrected chi connectivity index (χ2v) is 6.52. The fraction of sp³-hybridized carbons (Fsp3) is 0.400. The number of carbonyl (C=O) groups excluding carboxylic acids is 1. The van der Waals surface area contributed by atoms with E-state index in [2.05, 4.69) is 15.9 Å². The van der Waals surface area contributed by atoms with Gasteiger partial charge in [0.05, 0.1) is 12.6 Å². The number of carbonyl (C=O) groups is 1. The van der Waals surface area contributed by atoms with Gasteiger partial charge in [0, 0.05) is 16.1 Å². The van der Waals surface area contributed by atoms with Crippen molar-refractivity contribution in [3.63, 3.8) is 0 Å². The van der Waals surface area contributed by atoms with E-state index in [1.807, 2.05) is 39.8 Å². The molecule has 0 aliphatic carbocycles. The number of methoxy groups -OCH3 is 1. The van der Waals surface area contributed by atoms with Crippen molar-refractivity contribution in [2.75, 3.05) is 7.11 Å². The monoisotopic (exact) mass is 339 g/mol. The van der Waals surface area contributed by atoms with Gasteiger partial charge in [-0.1, -0.05) is 0 Å². The van der Waals surface area contributed by atoms with Crippen LogP contribution in [0.25, 0.3) is 10.9 Å². The van der Waals surface area contributed by atoms with E-state index in [0.717, 1.165) is 26.7 Å². The molecule has 0 spiro atoms. The first-order valence-corrected chi connectivity index (χ1v) is 7.11. The maximum absolute atomic E-state index is 12.3. The standard InChI is InChI=1S/C15H18BrNO3/c1-9-6-10(19-5)7-11-12(16)8-17(13(9)11)14(18)20-15(2,3)4/h6-8H,1-5H3. The molecule has 0 bridgehead atoms. The lowest BCUT2D eigenvalue weighted by Crippen LogP contribution is -2.26. The van der Waals surface area contributed by atoms with Crippen LogP contribution in [0.2, 0.25) is 0 Å². The molecule has 0 amide bonds. The number of hydrogen-bond acceptors (Lipinski definition) is 3. The molecule has 0 unspecified atom stereocenters. The second kappa shape index (κ2) is 5.13. The predicted octanol–water partition coefficient (Wildman–Crippen LogP) is 4.50. The minimum Gasteiger partial charge on any atom is -0.497 e. The molecular formula is C15H18BrNO3. The first-order valence-electron chi connectivity index (χ1n) is 6.31. The number of halogens is 1. The van der Waals surface area contributed by atoms with E-state index in [1.54, 1.807) is 13.3 Å². The molecule has 2 aromatic rings. The van der Waals surface area contributed by atoms with Gasteiger partial charge in [-0.05, 0) is 61.3 Å². The van der Waals surface area contributed by atoms with Crippen molar-refractivity contribution in [3.05, 3.63) is 28.4 Å². The molecule has 4 nitrogen and oxygen atoms in total. The molecule has 1 aromatic heterocycles. The normalized spacial score (nSPS) is 11.7. The van der Waals surface area contributed by atoms with Gasteiger partial charge in [0.15, 0.2) is 0 Å². The third kappa shape index (κ3) is 2.82. The van der Waals surface area contributed by atoms with E-state index in [4.69, 9.17) is 9.47 Å². The Bertz CT molecular complexity index is 668. The van der Waals surface area contributed by atoms with Crippen LogP contribution in [-0.4, -0.2) is 23.4 Å². The summed E-state index contributed by atoms with van der Waals surface area (Å²) in [5.74, 6) is 0.762. The Hall–Kier alpha value is -1.49. The third-order valence-corrected chi connectivity index (χ3v) is 3.47. The molecule has 0 saturated carbocycles. The quantitative estimate of drug-likeness (QED) is 0.767. The molecule has 1 heterocycles. The van der Waals surface area contributed by atoms with Crippen molar-refractivity contribution < 1.29 is 14.3 Å². The molecule has 0 aliphatic rings. The van der Waals surface area contributed by atoms with E-state index in [9.17, 15) is 4.79 Å². The van der Waals surface area contributed by atoms with Crippen LogP contribution in [0, 0.1) is 6.92 Å². The van der Waals surface area contributed by atoms with Crippen molar-refractivity contribution in [2.45, 2.75) is 33.3 Å². The number of aryl methyl sites for hydroxylation is 1. The Morgan fingerprint density at radius 3 is 2.50 bits per heavy atom. The van der Waals surface area contributed by atoms with Gasteiger partial charge >= 0.3 is 6.09 Å². The summed E-state index contributed by atoms with van der Waals surface area (Å²) in [6.07, 6.45) is 1.34. The first kappa shape index (κ1) is 14.9.